The van der Waals surface area contributed by atoms with Gasteiger partial charge in [0, 0.05) is 11.5 Å². The van der Waals surface area contributed by atoms with Crippen molar-refractivity contribution in [2.24, 2.45) is 0 Å². The summed E-state index contributed by atoms with van der Waals surface area (Å²) in [5.41, 5.74) is 3.23. The molecule has 2 aromatic carbocycles. The lowest BCUT2D eigenvalue weighted by Crippen LogP contribution is -2.04. The van der Waals surface area contributed by atoms with E-state index in [0.29, 0.717) is 17.2 Å². The smallest absolute Gasteiger partial charge is 0.354 e. The zero-order chi connectivity index (χ0) is 20.9. The second-order valence-electron chi connectivity index (χ2n) is 8.27. The van der Waals surface area contributed by atoms with Crippen LogP contribution in [-0.4, -0.2) is 16.1 Å². The van der Waals surface area contributed by atoms with Crippen LogP contribution in [0.25, 0.3) is 10.9 Å². The van der Waals surface area contributed by atoms with Gasteiger partial charge in [-0.15, -0.1) is 0 Å². The molecule has 0 bridgehead atoms. The van der Waals surface area contributed by atoms with E-state index in [1.807, 2.05) is 24.3 Å². The molecule has 0 unspecified atom stereocenters. The molecule has 0 radical (unpaired) electrons. The summed E-state index contributed by atoms with van der Waals surface area (Å²) < 4.78 is 6.18. The molecule has 1 aromatic heterocycles. The Morgan fingerprint density at radius 2 is 1.83 bits per heavy atom. The van der Waals surface area contributed by atoms with Crippen molar-refractivity contribution >= 4 is 16.9 Å². The molecule has 1 fully saturated rings. The largest absolute Gasteiger partial charge is 0.477 e. The molecular formula is C26H29NO3. The quantitative estimate of drug-likeness (QED) is 0.456. The molecule has 1 N–H and O–H groups in total. The van der Waals surface area contributed by atoms with E-state index in [0.717, 1.165) is 30.4 Å². The molecule has 30 heavy (non-hydrogen) atoms. The van der Waals surface area contributed by atoms with Crippen molar-refractivity contribution in [1.29, 1.82) is 0 Å². The molecule has 4 rings (SSSR count). The van der Waals surface area contributed by atoms with Gasteiger partial charge in [-0.2, -0.15) is 0 Å². The summed E-state index contributed by atoms with van der Waals surface area (Å²) in [6, 6.07) is 15.8. The van der Waals surface area contributed by atoms with Gasteiger partial charge in [0.05, 0.1) is 5.52 Å². The van der Waals surface area contributed by atoms with Crippen LogP contribution in [0.3, 0.4) is 0 Å². The third kappa shape index (κ3) is 4.64. The van der Waals surface area contributed by atoms with Gasteiger partial charge in [-0.25, -0.2) is 9.78 Å². The molecule has 0 amide bonds. The van der Waals surface area contributed by atoms with E-state index in [1.165, 1.54) is 49.3 Å². The first-order valence-corrected chi connectivity index (χ1v) is 11.1. The molecule has 1 aliphatic rings. The van der Waals surface area contributed by atoms with Crippen molar-refractivity contribution in [2.45, 2.75) is 64.2 Å². The summed E-state index contributed by atoms with van der Waals surface area (Å²) in [6.07, 6.45) is 9.72. The van der Waals surface area contributed by atoms with E-state index in [-0.39, 0.29) is 5.69 Å². The van der Waals surface area contributed by atoms with Gasteiger partial charge in [-0.1, -0.05) is 50.8 Å². The fourth-order valence-electron chi connectivity index (χ4n) is 4.34. The monoisotopic (exact) mass is 403 g/mol. The third-order valence-corrected chi connectivity index (χ3v) is 6.06. The first kappa shape index (κ1) is 20.4. The summed E-state index contributed by atoms with van der Waals surface area (Å²) in [7, 11) is 0. The number of pyridine rings is 1. The molecule has 156 valence electrons. The van der Waals surface area contributed by atoms with Crippen molar-refractivity contribution < 1.29 is 14.6 Å². The van der Waals surface area contributed by atoms with Gasteiger partial charge >= 0.3 is 5.97 Å². The molecule has 0 aliphatic heterocycles. The van der Waals surface area contributed by atoms with E-state index in [2.05, 4.69) is 30.1 Å². The number of hydrogen-bond acceptors (Lipinski definition) is 3. The predicted octanol–water partition coefficient (Wildman–Crippen LogP) is 7.12. The van der Waals surface area contributed by atoms with Gasteiger partial charge in [0.25, 0.3) is 0 Å². The minimum Gasteiger partial charge on any atom is -0.477 e. The maximum absolute atomic E-state index is 11.6. The molecule has 0 saturated heterocycles. The van der Waals surface area contributed by atoms with Gasteiger partial charge < -0.3 is 9.84 Å². The maximum atomic E-state index is 11.6. The number of benzene rings is 2. The van der Waals surface area contributed by atoms with Crippen LogP contribution in [0.1, 0.15) is 79.4 Å². The average molecular weight is 404 g/mol. The van der Waals surface area contributed by atoms with Crippen LogP contribution >= 0.6 is 0 Å². The van der Waals surface area contributed by atoms with Gasteiger partial charge in [-0.3, -0.25) is 0 Å². The minimum absolute atomic E-state index is 0.00219. The highest BCUT2D eigenvalue weighted by Gasteiger charge is 2.16. The van der Waals surface area contributed by atoms with E-state index in [4.69, 9.17) is 4.74 Å². The first-order chi connectivity index (χ1) is 14.6. The van der Waals surface area contributed by atoms with Crippen LogP contribution in [0.15, 0.2) is 48.5 Å². The van der Waals surface area contributed by atoms with Crippen LogP contribution in [0.5, 0.6) is 11.5 Å². The molecular weight excluding hydrogens is 374 g/mol. The van der Waals surface area contributed by atoms with Crippen molar-refractivity contribution in [3.05, 3.63) is 65.4 Å². The Labute approximate surface area is 177 Å². The van der Waals surface area contributed by atoms with Crippen molar-refractivity contribution in [2.75, 3.05) is 0 Å². The number of aromatic carboxylic acids is 1. The number of nitrogens with zero attached hydrogens (tertiary/aromatic N) is 1. The number of aromatic nitrogens is 1. The van der Waals surface area contributed by atoms with Crippen LogP contribution < -0.4 is 4.74 Å². The number of rotatable bonds is 7. The summed E-state index contributed by atoms with van der Waals surface area (Å²) in [5.74, 6) is 0.859. The number of ether oxygens (including phenoxy) is 1. The van der Waals surface area contributed by atoms with E-state index in [1.54, 1.807) is 0 Å². The second-order valence-corrected chi connectivity index (χ2v) is 8.27. The number of carboxylic acid groups (broad SMARTS) is 1. The van der Waals surface area contributed by atoms with Gasteiger partial charge in [0.2, 0.25) is 0 Å². The highest BCUT2D eigenvalue weighted by atomic mass is 16.5. The standard InChI is InChI=1S/C26H29NO3/c1-2-3-7-18-10-15-23-22(16-18)25(17-24(27-23)26(28)29)30-21-13-11-20(12-14-21)19-8-5-4-6-9-19/h10-17,19H,2-9H2,1H3,(H,28,29). The van der Waals surface area contributed by atoms with Gasteiger partial charge in [0.1, 0.15) is 11.5 Å². The zero-order valence-electron chi connectivity index (χ0n) is 17.6. The fraction of sp³-hybridized carbons (Fsp3) is 0.385. The summed E-state index contributed by atoms with van der Waals surface area (Å²) in [4.78, 5) is 15.9. The Balaban J connectivity index is 1.64. The maximum Gasteiger partial charge on any atom is 0.354 e. The lowest BCUT2D eigenvalue weighted by molar-refractivity contribution is 0.0690. The molecule has 0 spiro atoms. The van der Waals surface area contributed by atoms with Crippen molar-refractivity contribution in [3.8, 4) is 11.5 Å². The zero-order valence-corrected chi connectivity index (χ0v) is 17.6. The van der Waals surface area contributed by atoms with Gasteiger partial charge in [0.15, 0.2) is 5.69 Å². The molecule has 4 heteroatoms. The van der Waals surface area contributed by atoms with Gasteiger partial charge in [-0.05, 0) is 67.0 Å². The number of aryl methyl sites for hydroxylation is 1. The van der Waals surface area contributed by atoms with E-state index in [9.17, 15) is 9.90 Å². The Morgan fingerprint density at radius 3 is 2.53 bits per heavy atom. The molecule has 1 saturated carbocycles. The topological polar surface area (TPSA) is 59.4 Å². The van der Waals surface area contributed by atoms with Crippen LogP contribution in [0.4, 0.5) is 0 Å². The third-order valence-electron chi connectivity index (χ3n) is 6.06. The Hall–Kier alpha value is -2.88. The Bertz CT molecular complexity index is 1020. The average Bonchev–Trinajstić information content (AvgIpc) is 2.78. The lowest BCUT2D eigenvalue weighted by Gasteiger charge is -2.22. The first-order valence-electron chi connectivity index (χ1n) is 11.1. The summed E-state index contributed by atoms with van der Waals surface area (Å²) >= 11 is 0. The predicted molar refractivity (Wildman–Crippen MR) is 120 cm³/mol. The molecule has 4 nitrogen and oxygen atoms in total. The van der Waals surface area contributed by atoms with Crippen molar-refractivity contribution in [3.63, 3.8) is 0 Å². The van der Waals surface area contributed by atoms with Crippen molar-refractivity contribution in [1.82, 2.24) is 4.98 Å². The lowest BCUT2D eigenvalue weighted by atomic mass is 9.84. The minimum atomic E-state index is -1.05. The number of carboxylic acids is 1. The summed E-state index contributed by atoms with van der Waals surface area (Å²) in [5, 5.41) is 10.3. The normalized spacial score (nSPS) is 14.7. The molecule has 0 atom stereocenters. The Morgan fingerprint density at radius 1 is 1.07 bits per heavy atom. The highest BCUT2D eigenvalue weighted by Crippen LogP contribution is 2.35. The van der Waals surface area contributed by atoms with Crippen LogP contribution in [0.2, 0.25) is 0 Å². The number of fused-ring (bicyclic) bond motifs is 1. The van der Waals surface area contributed by atoms with Crippen LogP contribution in [-0.2, 0) is 6.42 Å². The molecule has 3 aromatic rings. The van der Waals surface area contributed by atoms with E-state index >= 15 is 0 Å². The number of hydrogen-bond donors (Lipinski definition) is 1. The Kier molecular flexibility index (Phi) is 6.32. The van der Waals surface area contributed by atoms with Crippen LogP contribution in [0, 0.1) is 0 Å². The summed E-state index contributed by atoms with van der Waals surface area (Å²) in [6.45, 7) is 2.17. The number of unbranched alkanes of at least 4 members (excludes halogenated alkanes) is 1. The molecule has 1 heterocycles. The van der Waals surface area contributed by atoms with E-state index < -0.39 is 5.97 Å². The highest BCUT2D eigenvalue weighted by molar-refractivity contribution is 5.93. The number of carbonyl (C=O) groups is 1. The second kappa shape index (κ2) is 9.29. The SMILES string of the molecule is CCCCc1ccc2nc(C(=O)O)cc(Oc3ccc(C4CCCCC4)cc3)c2c1. The molecule has 1 aliphatic carbocycles. The fourth-order valence-corrected chi connectivity index (χ4v) is 4.34.